The maximum atomic E-state index is 12.5. The van der Waals surface area contributed by atoms with Crippen LogP contribution in [-0.4, -0.2) is 40.4 Å². The van der Waals surface area contributed by atoms with Crippen molar-refractivity contribution in [3.05, 3.63) is 23.5 Å². The number of hydrogen-bond acceptors (Lipinski definition) is 5. The van der Waals surface area contributed by atoms with Crippen molar-refractivity contribution in [1.29, 1.82) is 0 Å². The molecule has 1 atom stereocenters. The highest BCUT2D eigenvalue weighted by atomic mass is 35.5. The van der Waals surface area contributed by atoms with E-state index in [4.69, 9.17) is 25.8 Å². The number of imidazole rings is 1. The van der Waals surface area contributed by atoms with E-state index in [1.807, 2.05) is 32.3 Å². The summed E-state index contributed by atoms with van der Waals surface area (Å²) in [7, 11) is 0. The maximum Gasteiger partial charge on any atom is 0.338 e. The molecule has 7 heteroatoms. The SMILES string of the molecule is CC(C)OC(=O)c1cc(OC(C)C)c2nc(CCl)n(C[C@@H]3CCO3)c2c1. The third-order valence-corrected chi connectivity index (χ3v) is 4.38. The van der Waals surface area contributed by atoms with Gasteiger partial charge in [0.1, 0.15) is 17.1 Å². The van der Waals surface area contributed by atoms with Crippen LogP contribution in [-0.2, 0) is 21.9 Å². The number of halogens is 1. The van der Waals surface area contributed by atoms with E-state index in [-0.39, 0.29) is 30.2 Å². The molecule has 0 saturated carbocycles. The Morgan fingerprint density at radius 3 is 2.62 bits per heavy atom. The zero-order valence-corrected chi connectivity index (χ0v) is 16.4. The van der Waals surface area contributed by atoms with Crippen LogP contribution in [0.5, 0.6) is 5.75 Å². The van der Waals surface area contributed by atoms with Crippen LogP contribution in [0.4, 0.5) is 0 Å². The third kappa shape index (κ3) is 3.96. The summed E-state index contributed by atoms with van der Waals surface area (Å²) in [4.78, 5) is 17.1. The van der Waals surface area contributed by atoms with Gasteiger partial charge in [0.05, 0.1) is 41.8 Å². The molecule has 1 fully saturated rings. The summed E-state index contributed by atoms with van der Waals surface area (Å²) in [6, 6.07) is 3.50. The molecule has 0 radical (unpaired) electrons. The predicted molar refractivity (Wildman–Crippen MR) is 100.0 cm³/mol. The smallest absolute Gasteiger partial charge is 0.338 e. The summed E-state index contributed by atoms with van der Waals surface area (Å²) in [5.41, 5.74) is 1.96. The van der Waals surface area contributed by atoms with Gasteiger partial charge in [-0.25, -0.2) is 9.78 Å². The van der Waals surface area contributed by atoms with Gasteiger partial charge in [-0.15, -0.1) is 11.6 Å². The molecule has 2 aromatic rings. The standard InChI is InChI=1S/C19H25ClN2O4/c1-11(2)25-16-8-13(19(23)26-12(3)4)7-15-18(16)21-17(9-20)22(15)10-14-5-6-24-14/h7-8,11-12,14H,5-6,9-10H2,1-4H3/t14-/m0/s1. The molecule has 0 unspecified atom stereocenters. The lowest BCUT2D eigenvalue weighted by molar-refractivity contribution is -0.0589. The Hall–Kier alpha value is -1.79. The minimum Gasteiger partial charge on any atom is -0.489 e. The van der Waals surface area contributed by atoms with Crippen LogP contribution in [0.25, 0.3) is 11.0 Å². The van der Waals surface area contributed by atoms with Gasteiger partial charge in [0, 0.05) is 6.61 Å². The minimum absolute atomic E-state index is 0.0471. The maximum absolute atomic E-state index is 12.5. The second kappa shape index (κ2) is 7.84. The number of benzene rings is 1. The van der Waals surface area contributed by atoms with Crippen molar-refractivity contribution in [2.75, 3.05) is 6.61 Å². The van der Waals surface area contributed by atoms with Gasteiger partial charge in [-0.05, 0) is 46.2 Å². The van der Waals surface area contributed by atoms with E-state index in [9.17, 15) is 4.79 Å². The Labute approximate surface area is 158 Å². The van der Waals surface area contributed by atoms with Gasteiger partial charge in [0.15, 0.2) is 0 Å². The van der Waals surface area contributed by atoms with Crippen molar-refractivity contribution in [1.82, 2.24) is 9.55 Å². The van der Waals surface area contributed by atoms with Crippen LogP contribution in [0.1, 0.15) is 50.3 Å². The fourth-order valence-electron chi connectivity index (χ4n) is 2.92. The molecule has 0 N–H and O–H groups in total. The molecule has 2 heterocycles. The van der Waals surface area contributed by atoms with Gasteiger partial charge in [-0.2, -0.15) is 0 Å². The highest BCUT2D eigenvalue weighted by Gasteiger charge is 2.24. The Bertz CT molecular complexity index is 796. The first-order valence-electron chi connectivity index (χ1n) is 8.97. The van der Waals surface area contributed by atoms with Gasteiger partial charge in [0.2, 0.25) is 0 Å². The fraction of sp³-hybridized carbons (Fsp3) is 0.579. The molecule has 1 saturated heterocycles. The van der Waals surface area contributed by atoms with E-state index in [1.165, 1.54) is 0 Å². The zero-order chi connectivity index (χ0) is 18.8. The van der Waals surface area contributed by atoms with E-state index < -0.39 is 0 Å². The Morgan fingerprint density at radius 1 is 1.35 bits per heavy atom. The predicted octanol–water partition coefficient (Wildman–Crippen LogP) is 3.92. The summed E-state index contributed by atoms with van der Waals surface area (Å²) >= 11 is 6.12. The van der Waals surface area contributed by atoms with Gasteiger partial charge in [-0.1, -0.05) is 0 Å². The van der Waals surface area contributed by atoms with E-state index in [0.717, 1.165) is 24.4 Å². The van der Waals surface area contributed by atoms with Crippen molar-refractivity contribution in [2.24, 2.45) is 0 Å². The van der Waals surface area contributed by atoms with Crippen LogP contribution >= 0.6 is 11.6 Å². The number of aromatic nitrogens is 2. The van der Waals surface area contributed by atoms with Gasteiger partial charge in [0.25, 0.3) is 0 Å². The monoisotopic (exact) mass is 380 g/mol. The first kappa shape index (κ1) is 19.0. The van der Waals surface area contributed by atoms with Crippen molar-refractivity contribution >= 4 is 28.6 Å². The van der Waals surface area contributed by atoms with Crippen LogP contribution < -0.4 is 4.74 Å². The van der Waals surface area contributed by atoms with Crippen molar-refractivity contribution in [3.8, 4) is 5.75 Å². The quantitative estimate of drug-likeness (QED) is 0.538. The molecule has 0 spiro atoms. The number of carbonyl (C=O) groups is 1. The summed E-state index contributed by atoms with van der Waals surface area (Å²) in [5.74, 6) is 1.19. The number of esters is 1. The number of rotatable bonds is 7. The van der Waals surface area contributed by atoms with E-state index >= 15 is 0 Å². The Morgan fingerprint density at radius 2 is 2.08 bits per heavy atom. The number of hydrogen-bond donors (Lipinski definition) is 0. The average Bonchev–Trinajstić information content (AvgIpc) is 2.87. The lowest BCUT2D eigenvalue weighted by Gasteiger charge is -2.27. The number of carbonyl (C=O) groups excluding carboxylic acids is 1. The summed E-state index contributed by atoms with van der Waals surface area (Å²) in [5, 5.41) is 0. The van der Waals surface area contributed by atoms with Crippen LogP contribution in [0.3, 0.4) is 0 Å². The number of nitrogens with zero attached hydrogens (tertiary/aromatic N) is 2. The first-order chi connectivity index (χ1) is 12.4. The van der Waals surface area contributed by atoms with Crippen LogP contribution in [0, 0.1) is 0 Å². The molecule has 0 bridgehead atoms. The molecule has 3 rings (SSSR count). The number of fused-ring (bicyclic) bond motifs is 1. The summed E-state index contributed by atoms with van der Waals surface area (Å²) < 4.78 is 18.9. The molecule has 1 aromatic heterocycles. The van der Waals surface area contributed by atoms with Crippen LogP contribution in [0.2, 0.25) is 0 Å². The molecule has 1 aliphatic heterocycles. The lowest BCUT2D eigenvalue weighted by atomic mass is 10.1. The topological polar surface area (TPSA) is 62.6 Å². The van der Waals surface area contributed by atoms with Gasteiger partial charge >= 0.3 is 5.97 Å². The first-order valence-corrected chi connectivity index (χ1v) is 9.50. The highest BCUT2D eigenvalue weighted by Crippen LogP contribution is 2.31. The molecule has 0 aliphatic carbocycles. The summed E-state index contributed by atoms with van der Waals surface area (Å²) in [6.45, 7) is 8.96. The van der Waals surface area contributed by atoms with E-state index in [2.05, 4.69) is 4.98 Å². The minimum atomic E-state index is -0.379. The van der Waals surface area contributed by atoms with E-state index in [1.54, 1.807) is 12.1 Å². The van der Waals surface area contributed by atoms with Gasteiger partial charge in [-0.3, -0.25) is 0 Å². The Kier molecular flexibility index (Phi) is 5.73. The Balaban J connectivity index is 2.11. The molecule has 0 amide bonds. The second-order valence-electron chi connectivity index (χ2n) is 7.02. The molecule has 6 nitrogen and oxygen atoms in total. The zero-order valence-electron chi connectivity index (χ0n) is 15.6. The number of ether oxygens (including phenoxy) is 3. The number of alkyl halides is 1. The van der Waals surface area contributed by atoms with Crippen molar-refractivity contribution in [3.63, 3.8) is 0 Å². The highest BCUT2D eigenvalue weighted by molar-refractivity contribution is 6.17. The van der Waals surface area contributed by atoms with Crippen molar-refractivity contribution < 1.29 is 19.0 Å². The normalized spacial score (nSPS) is 17.0. The second-order valence-corrected chi connectivity index (χ2v) is 7.28. The average molecular weight is 381 g/mol. The molecular weight excluding hydrogens is 356 g/mol. The third-order valence-electron chi connectivity index (χ3n) is 4.14. The molecular formula is C19H25ClN2O4. The molecule has 1 aliphatic rings. The summed E-state index contributed by atoms with van der Waals surface area (Å²) in [6.07, 6.45) is 0.912. The van der Waals surface area contributed by atoms with Crippen LogP contribution in [0.15, 0.2) is 12.1 Å². The van der Waals surface area contributed by atoms with Crippen molar-refractivity contribution in [2.45, 2.75) is 64.9 Å². The largest absolute Gasteiger partial charge is 0.489 e. The molecule has 142 valence electrons. The molecule has 1 aromatic carbocycles. The van der Waals surface area contributed by atoms with Gasteiger partial charge < -0.3 is 18.8 Å². The fourth-order valence-corrected chi connectivity index (χ4v) is 3.13. The lowest BCUT2D eigenvalue weighted by Crippen LogP contribution is -2.31. The molecule has 26 heavy (non-hydrogen) atoms. The van der Waals surface area contributed by atoms with E-state index in [0.29, 0.717) is 23.4 Å².